The van der Waals surface area contributed by atoms with Crippen molar-refractivity contribution in [2.45, 2.75) is 25.8 Å². The van der Waals surface area contributed by atoms with Crippen molar-refractivity contribution in [1.29, 1.82) is 0 Å². The minimum Gasteiger partial charge on any atom is -0.480 e. The molecule has 5 nitrogen and oxygen atoms in total. The lowest BCUT2D eigenvalue weighted by Gasteiger charge is -2.37. The Balaban J connectivity index is 2.02. The van der Waals surface area contributed by atoms with Crippen molar-refractivity contribution >= 4 is 5.97 Å². The molecule has 23 heavy (non-hydrogen) atoms. The summed E-state index contributed by atoms with van der Waals surface area (Å²) in [6, 6.07) is 3.78. The van der Waals surface area contributed by atoms with Gasteiger partial charge in [0.25, 0.3) is 0 Å². The molecule has 0 unspecified atom stereocenters. The first-order chi connectivity index (χ1) is 11.0. The fourth-order valence-electron chi connectivity index (χ4n) is 3.03. The molecule has 1 heterocycles. The number of carboxylic acids is 1. The summed E-state index contributed by atoms with van der Waals surface area (Å²) in [5, 5.41) is 18.4. The molecule has 0 aromatic heterocycles. The molecule has 6 heteroatoms. The van der Waals surface area contributed by atoms with E-state index in [0.29, 0.717) is 13.1 Å². The Morgan fingerprint density at radius 2 is 1.96 bits per heavy atom. The van der Waals surface area contributed by atoms with E-state index in [-0.39, 0.29) is 12.2 Å². The zero-order valence-electron chi connectivity index (χ0n) is 13.5. The molecule has 1 aliphatic rings. The highest BCUT2D eigenvalue weighted by atomic mass is 19.1. The third-order valence-electron chi connectivity index (χ3n) is 4.34. The van der Waals surface area contributed by atoms with Crippen molar-refractivity contribution in [3.05, 3.63) is 35.1 Å². The average Bonchev–Trinajstić information content (AvgIpc) is 2.51. The molecule has 2 rings (SSSR count). The van der Waals surface area contributed by atoms with E-state index in [1.807, 2.05) is 4.90 Å². The molecule has 0 bridgehead atoms. The van der Waals surface area contributed by atoms with Crippen LogP contribution in [0.15, 0.2) is 18.2 Å². The van der Waals surface area contributed by atoms with E-state index in [4.69, 9.17) is 5.11 Å². The number of aliphatic hydroxyl groups excluding tert-OH is 1. The van der Waals surface area contributed by atoms with Crippen molar-refractivity contribution in [3.63, 3.8) is 0 Å². The van der Waals surface area contributed by atoms with Crippen molar-refractivity contribution in [2.75, 3.05) is 39.3 Å². The number of aliphatic carboxylic acids is 1. The minimum absolute atomic E-state index is 0.202. The number of carboxylic acid groups (broad SMARTS) is 1. The Kier molecular flexibility index (Phi) is 6.50. The van der Waals surface area contributed by atoms with Crippen LogP contribution in [0.1, 0.15) is 30.0 Å². The SMILES string of the molecule is Cc1ccc([C@H](C(=O)O)N2CCN(CCCCO)CC2)c(F)c1. The van der Waals surface area contributed by atoms with Gasteiger partial charge < -0.3 is 15.1 Å². The summed E-state index contributed by atoms with van der Waals surface area (Å²) in [5.41, 5.74) is 1.01. The molecule has 1 atom stereocenters. The van der Waals surface area contributed by atoms with Crippen molar-refractivity contribution in [1.82, 2.24) is 9.80 Å². The maximum absolute atomic E-state index is 14.2. The highest BCUT2D eigenvalue weighted by Gasteiger charge is 2.32. The van der Waals surface area contributed by atoms with E-state index >= 15 is 0 Å². The predicted molar refractivity (Wildman–Crippen MR) is 85.8 cm³/mol. The molecular weight excluding hydrogens is 299 g/mol. The zero-order valence-corrected chi connectivity index (χ0v) is 13.5. The van der Waals surface area contributed by atoms with Gasteiger partial charge in [-0.15, -0.1) is 0 Å². The summed E-state index contributed by atoms with van der Waals surface area (Å²) < 4.78 is 14.2. The first kappa shape index (κ1) is 17.8. The third kappa shape index (κ3) is 4.73. The van der Waals surface area contributed by atoms with E-state index in [9.17, 15) is 14.3 Å². The number of piperazine rings is 1. The van der Waals surface area contributed by atoms with Crippen LogP contribution in [0, 0.1) is 12.7 Å². The molecule has 0 saturated carbocycles. The Hall–Kier alpha value is -1.50. The van der Waals surface area contributed by atoms with E-state index < -0.39 is 17.8 Å². The number of unbranched alkanes of at least 4 members (excludes halogenated alkanes) is 1. The number of hydrogen-bond acceptors (Lipinski definition) is 4. The smallest absolute Gasteiger partial charge is 0.325 e. The number of nitrogens with zero attached hydrogens (tertiary/aromatic N) is 2. The lowest BCUT2D eigenvalue weighted by atomic mass is 10.0. The summed E-state index contributed by atoms with van der Waals surface area (Å²) in [5.74, 6) is -1.47. The fourth-order valence-corrected chi connectivity index (χ4v) is 3.03. The standard InChI is InChI=1S/C17H25FN2O3/c1-13-4-5-14(15(18)12-13)16(17(22)23)20-9-7-19(8-10-20)6-2-3-11-21/h4-5,12,16,21H,2-3,6-11H2,1H3,(H,22,23)/t16-/m1/s1. The van der Waals surface area contributed by atoms with Crippen LogP contribution in [0.3, 0.4) is 0 Å². The maximum atomic E-state index is 14.2. The molecule has 1 fully saturated rings. The summed E-state index contributed by atoms with van der Waals surface area (Å²) in [7, 11) is 0. The Labute approximate surface area is 136 Å². The third-order valence-corrected chi connectivity index (χ3v) is 4.34. The number of aryl methyl sites for hydroxylation is 1. The summed E-state index contributed by atoms with van der Waals surface area (Å²) >= 11 is 0. The summed E-state index contributed by atoms with van der Waals surface area (Å²) in [6.07, 6.45) is 1.72. The first-order valence-corrected chi connectivity index (χ1v) is 8.09. The molecule has 1 aromatic rings. The summed E-state index contributed by atoms with van der Waals surface area (Å²) in [6.45, 7) is 5.63. The highest BCUT2D eigenvalue weighted by Crippen LogP contribution is 2.25. The zero-order chi connectivity index (χ0) is 16.8. The first-order valence-electron chi connectivity index (χ1n) is 8.09. The van der Waals surface area contributed by atoms with Gasteiger partial charge in [0, 0.05) is 38.3 Å². The van der Waals surface area contributed by atoms with Gasteiger partial charge in [-0.1, -0.05) is 12.1 Å². The molecule has 0 aliphatic carbocycles. The lowest BCUT2D eigenvalue weighted by Crippen LogP contribution is -2.49. The van der Waals surface area contributed by atoms with Crippen LogP contribution in [0.2, 0.25) is 0 Å². The van der Waals surface area contributed by atoms with Crippen LogP contribution in [0.25, 0.3) is 0 Å². The van der Waals surface area contributed by atoms with Gasteiger partial charge >= 0.3 is 5.97 Å². The number of aliphatic hydroxyl groups is 1. The molecule has 1 aliphatic heterocycles. The van der Waals surface area contributed by atoms with Crippen LogP contribution >= 0.6 is 0 Å². The van der Waals surface area contributed by atoms with Gasteiger partial charge in [-0.05, 0) is 37.9 Å². The number of carbonyl (C=O) groups is 1. The number of hydrogen-bond donors (Lipinski definition) is 2. The molecule has 2 N–H and O–H groups in total. The highest BCUT2D eigenvalue weighted by molar-refractivity contribution is 5.75. The van der Waals surface area contributed by atoms with E-state index in [2.05, 4.69) is 4.90 Å². The van der Waals surface area contributed by atoms with Gasteiger partial charge in [0.15, 0.2) is 0 Å². The van der Waals surface area contributed by atoms with Gasteiger partial charge in [0.1, 0.15) is 11.9 Å². The molecule has 0 spiro atoms. The predicted octanol–water partition coefficient (Wildman–Crippen LogP) is 1.65. The van der Waals surface area contributed by atoms with E-state index in [1.54, 1.807) is 19.1 Å². The van der Waals surface area contributed by atoms with E-state index in [1.165, 1.54) is 6.07 Å². The monoisotopic (exact) mass is 324 g/mol. The molecule has 0 amide bonds. The Morgan fingerprint density at radius 1 is 1.26 bits per heavy atom. The van der Waals surface area contributed by atoms with Gasteiger partial charge in [-0.3, -0.25) is 9.69 Å². The molecule has 0 radical (unpaired) electrons. The van der Waals surface area contributed by atoms with Crippen LogP contribution in [0.5, 0.6) is 0 Å². The van der Waals surface area contributed by atoms with Crippen LogP contribution in [-0.2, 0) is 4.79 Å². The summed E-state index contributed by atoms with van der Waals surface area (Å²) in [4.78, 5) is 15.8. The molecule has 128 valence electrons. The number of halogens is 1. The normalized spacial score (nSPS) is 18.0. The van der Waals surface area contributed by atoms with Crippen molar-refractivity contribution < 1.29 is 19.4 Å². The van der Waals surface area contributed by atoms with Gasteiger partial charge in [-0.2, -0.15) is 0 Å². The van der Waals surface area contributed by atoms with Gasteiger partial charge in [0.05, 0.1) is 0 Å². The molecule has 1 aromatic carbocycles. The quantitative estimate of drug-likeness (QED) is 0.747. The van der Waals surface area contributed by atoms with Crippen LogP contribution < -0.4 is 0 Å². The number of benzene rings is 1. The van der Waals surface area contributed by atoms with Crippen molar-refractivity contribution in [2.24, 2.45) is 0 Å². The number of rotatable bonds is 7. The topological polar surface area (TPSA) is 64.0 Å². The van der Waals surface area contributed by atoms with E-state index in [0.717, 1.165) is 38.0 Å². The second-order valence-electron chi connectivity index (χ2n) is 6.07. The van der Waals surface area contributed by atoms with Crippen molar-refractivity contribution in [3.8, 4) is 0 Å². The second-order valence-corrected chi connectivity index (χ2v) is 6.07. The second kappa shape index (κ2) is 8.38. The van der Waals surface area contributed by atoms with Crippen LogP contribution in [0.4, 0.5) is 4.39 Å². The average molecular weight is 324 g/mol. The fraction of sp³-hybridized carbons (Fsp3) is 0.588. The van der Waals surface area contributed by atoms with Gasteiger partial charge in [-0.25, -0.2) is 4.39 Å². The minimum atomic E-state index is -1.01. The largest absolute Gasteiger partial charge is 0.480 e. The Bertz CT molecular complexity index is 531. The maximum Gasteiger partial charge on any atom is 0.325 e. The lowest BCUT2D eigenvalue weighted by molar-refractivity contribution is -0.144. The Morgan fingerprint density at radius 3 is 2.52 bits per heavy atom. The molecular formula is C17H25FN2O3. The molecule has 1 saturated heterocycles. The van der Waals surface area contributed by atoms with Gasteiger partial charge in [0.2, 0.25) is 0 Å². The van der Waals surface area contributed by atoms with Crippen LogP contribution in [-0.4, -0.2) is 65.3 Å².